The third-order valence-corrected chi connectivity index (χ3v) is 2.73. The van der Waals surface area contributed by atoms with Crippen molar-refractivity contribution in [3.05, 3.63) is 23.8 Å². The Morgan fingerprint density at radius 3 is 2.43 bits per heavy atom. The molecule has 0 N–H and O–H groups in total. The number of hydrogen-bond donors (Lipinski definition) is 1. The van der Waals surface area contributed by atoms with Gasteiger partial charge in [-0.1, -0.05) is 10.8 Å². The zero-order valence-electron chi connectivity index (χ0n) is 7.13. The van der Waals surface area contributed by atoms with Crippen molar-refractivity contribution >= 4 is 22.5 Å². The lowest BCUT2D eigenvalue weighted by molar-refractivity contribution is -0.139. The first-order valence-electron chi connectivity index (χ1n) is 3.55. The zero-order valence-corrected chi connectivity index (χ0v) is 8.84. The molecule has 0 unspecified atom stereocenters. The van der Waals surface area contributed by atoms with Crippen LogP contribution >= 0.6 is 22.5 Å². The van der Waals surface area contributed by atoms with Crippen molar-refractivity contribution in [3.63, 3.8) is 0 Å². The molecule has 0 spiro atoms. The molecule has 1 aromatic rings. The number of hydrogen-bond acceptors (Lipinski definition) is 3. The molecule has 0 atom stereocenters. The predicted molar refractivity (Wildman–Crippen MR) is 52.8 cm³/mol. The molecular formula is C8H7F3OS2. The second-order valence-electron chi connectivity index (χ2n) is 2.45. The van der Waals surface area contributed by atoms with Gasteiger partial charge in [0, 0.05) is 4.90 Å². The molecule has 0 aromatic heterocycles. The summed E-state index contributed by atoms with van der Waals surface area (Å²) in [5.41, 5.74) is -0.725. The monoisotopic (exact) mass is 240 g/mol. The van der Waals surface area contributed by atoms with Crippen LogP contribution in [0.15, 0.2) is 23.1 Å². The van der Waals surface area contributed by atoms with Gasteiger partial charge in [0.05, 0.1) is 12.7 Å². The van der Waals surface area contributed by atoms with E-state index in [0.29, 0.717) is 0 Å². The minimum Gasteiger partial charge on any atom is -0.497 e. The molecule has 0 aliphatic rings. The first kappa shape index (κ1) is 11.6. The van der Waals surface area contributed by atoms with Gasteiger partial charge < -0.3 is 4.74 Å². The second-order valence-corrected chi connectivity index (χ2v) is 3.62. The summed E-state index contributed by atoms with van der Waals surface area (Å²) in [6, 6.07) is 3.76. The normalized spacial score (nSPS) is 11.5. The van der Waals surface area contributed by atoms with Crippen molar-refractivity contribution in [2.24, 2.45) is 0 Å². The molecule has 78 valence electrons. The van der Waals surface area contributed by atoms with E-state index in [2.05, 4.69) is 11.7 Å². The van der Waals surface area contributed by atoms with Gasteiger partial charge in [0.1, 0.15) is 5.75 Å². The summed E-state index contributed by atoms with van der Waals surface area (Å²) in [6.45, 7) is 0. The number of halogens is 3. The average molecular weight is 240 g/mol. The summed E-state index contributed by atoms with van der Waals surface area (Å²) in [7, 11) is 2.08. The van der Waals surface area contributed by atoms with Crippen LogP contribution in [0, 0.1) is 0 Å². The fraction of sp³-hybridized carbons (Fsp3) is 0.250. The van der Waals surface area contributed by atoms with Crippen LogP contribution in [0.1, 0.15) is 5.56 Å². The summed E-state index contributed by atoms with van der Waals surface area (Å²) >= 11 is 3.75. The van der Waals surface area contributed by atoms with Gasteiger partial charge >= 0.3 is 6.18 Å². The first-order chi connectivity index (χ1) is 6.49. The topological polar surface area (TPSA) is 9.23 Å². The van der Waals surface area contributed by atoms with Crippen LogP contribution in [0.2, 0.25) is 0 Å². The van der Waals surface area contributed by atoms with E-state index in [-0.39, 0.29) is 10.6 Å². The highest BCUT2D eigenvalue weighted by molar-refractivity contribution is 8.68. The lowest BCUT2D eigenvalue weighted by atomic mass is 10.2. The Morgan fingerprint density at radius 2 is 2.00 bits per heavy atom. The van der Waals surface area contributed by atoms with E-state index in [1.165, 1.54) is 19.2 Å². The quantitative estimate of drug-likeness (QED) is 0.624. The van der Waals surface area contributed by atoms with Crippen molar-refractivity contribution in [2.45, 2.75) is 11.1 Å². The van der Waals surface area contributed by atoms with Crippen LogP contribution in [0.4, 0.5) is 13.2 Å². The van der Waals surface area contributed by atoms with Gasteiger partial charge in [-0.25, -0.2) is 0 Å². The highest BCUT2D eigenvalue weighted by Crippen LogP contribution is 2.39. The zero-order chi connectivity index (χ0) is 10.8. The Balaban J connectivity index is 3.22. The van der Waals surface area contributed by atoms with E-state index in [1.54, 1.807) is 0 Å². The average Bonchev–Trinajstić information content (AvgIpc) is 2.15. The molecule has 0 aliphatic carbocycles. The van der Waals surface area contributed by atoms with E-state index < -0.39 is 11.7 Å². The lowest BCUT2D eigenvalue weighted by Gasteiger charge is -2.11. The summed E-state index contributed by atoms with van der Waals surface area (Å²) in [4.78, 5) is 0.0710. The maximum Gasteiger partial charge on any atom is 0.417 e. The van der Waals surface area contributed by atoms with Gasteiger partial charge in [0.15, 0.2) is 0 Å². The SMILES string of the molecule is COc1ccc(SS)c(C(F)(F)F)c1. The van der Waals surface area contributed by atoms with Gasteiger partial charge in [-0.3, -0.25) is 0 Å². The molecule has 0 amide bonds. The molecule has 6 heteroatoms. The number of methoxy groups -OCH3 is 1. The summed E-state index contributed by atoms with van der Waals surface area (Å²) in [5.74, 6) is 0.184. The minimum atomic E-state index is -4.38. The van der Waals surface area contributed by atoms with Crippen LogP contribution < -0.4 is 4.74 Å². The van der Waals surface area contributed by atoms with Crippen LogP contribution in [0.25, 0.3) is 0 Å². The van der Waals surface area contributed by atoms with Gasteiger partial charge in [-0.05, 0) is 18.2 Å². The minimum absolute atomic E-state index is 0.0710. The van der Waals surface area contributed by atoms with Crippen molar-refractivity contribution in [2.75, 3.05) is 7.11 Å². The van der Waals surface area contributed by atoms with Crippen LogP contribution in [-0.2, 0) is 6.18 Å². The number of benzene rings is 1. The highest BCUT2D eigenvalue weighted by Gasteiger charge is 2.33. The van der Waals surface area contributed by atoms with Crippen molar-refractivity contribution in [1.29, 1.82) is 0 Å². The Morgan fingerprint density at radius 1 is 1.36 bits per heavy atom. The second kappa shape index (κ2) is 4.35. The third kappa shape index (κ3) is 2.51. The van der Waals surface area contributed by atoms with E-state index in [4.69, 9.17) is 4.74 Å². The molecule has 1 aromatic carbocycles. The van der Waals surface area contributed by atoms with Gasteiger partial charge in [0.2, 0.25) is 0 Å². The molecule has 0 radical (unpaired) electrons. The van der Waals surface area contributed by atoms with Crippen molar-refractivity contribution < 1.29 is 17.9 Å². The molecular weight excluding hydrogens is 233 g/mol. The van der Waals surface area contributed by atoms with Gasteiger partial charge in [-0.2, -0.15) is 13.2 Å². The third-order valence-electron chi connectivity index (χ3n) is 1.59. The summed E-state index contributed by atoms with van der Waals surface area (Å²) in [6.07, 6.45) is -4.38. The molecule has 0 aliphatic heterocycles. The molecule has 0 fully saturated rings. The Kier molecular flexibility index (Phi) is 3.60. The van der Waals surface area contributed by atoms with E-state index in [1.807, 2.05) is 0 Å². The fourth-order valence-electron chi connectivity index (χ4n) is 0.937. The first-order valence-corrected chi connectivity index (χ1v) is 5.42. The lowest BCUT2D eigenvalue weighted by Crippen LogP contribution is -2.06. The fourth-order valence-corrected chi connectivity index (χ4v) is 1.82. The summed E-state index contributed by atoms with van der Waals surface area (Å²) < 4.78 is 42.1. The maximum atomic E-state index is 12.4. The van der Waals surface area contributed by atoms with Gasteiger partial charge in [-0.15, -0.1) is 11.7 Å². The number of alkyl halides is 3. The number of ether oxygens (including phenoxy) is 1. The molecule has 0 bridgehead atoms. The van der Waals surface area contributed by atoms with E-state index >= 15 is 0 Å². The van der Waals surface area contributed by atoms with Crippen LogP contribution in [-0.4, -0.2) is 7.11 Å². The predicted octanol–water partition coefficient (Wildman–Crippen LogP) is 3.65. The molecule has 0 saturated heterocycles. The van der Waals surface area contributed by atoms with Crippen LogP contribution in [0.3, 0.4) is 0 Å². The number of rotatable bonds is 2. The van der Waals surface area contributed by atoms with Crippen molar-refractivity contribution in [1.82, 2.24) is 0 Å². The number of thiol groups is 1. The standard InChI is InChI=1S/C8H7F3OS2/c1-12-5-2-3-7(14-13)6(4-5)8(9,10)11/h2-4,13H,1H3. The van der Waals surface area contributed by atoms with E-state index in [0.717, 1.165) is 16.9 Å². The summed E-state index contributed by atoms with van der Waals surface area (Å²) in [5, 5.41) is 0. The molecule has 0 saturated carbocycles. The highest BCUT2D eigenvalue weighted by atomic mass is 33.1. The molecule has 1 rings (SSSR count). The molecule has 14 heavy (non-hydrogen) atoms. The Labute approximate surface area is 88.4 Å². The van der Waals surface area contributed by atoms with Gasteiger partial charge in [0.25, 0.3) is 0 Å². The van der Waals surface area contributed by atoms with Crippen LogP contribution in [0.5, 0.6) is 5.75 Å². The largest absolute Gasteiger partial charge is 0.497 e. The maximum absolute atomic E-state index is 12.4. The molecule has 1 nitrogen and oxygen atoms in total. The smallest absolute Gasteiger partial charge is 0.417 e. The Bertz CT molecular complexity index is 325. The Hall–Kier alpha value is -0.490. The molecule has 0 heterocycles. The van der Waals surface area contributed by atoms with Crippen molar-refractivity contribution in [3.8, 4) is 5.75 Å². The van der Waals surface area contributed by atoms with E-state index in [9.17, 15) is 13.2 Å².